The van der Waals surface area contributed by atoms with Gasteiger partial charge in [-0.15, -0.1) is 0 Å². The molecule has 0 saturated carbocycles. The Labute approximate surface area is 107 Å². The first-order valence-corrected chi connectivity index (χ1v) is 6.28. The van der Waals surface area contributed by atoms with E-state index in [0.29, 0.717) is 19.0 Å². The molecule has 0 aliphatic heterocycles. The Morgan fingerprint density at radius 1 is 1.33 bits per heavy atom. The number of ketones is 1. The lowest BCUT2D eigenvalue weighted by molar-refractivity contribution is 0.0983. The van der Waals surface area contributed by atoms with E-state index in [1.165, 1.54) is 0 Å². The number of aromatic nitrogens is 1. The Morgan fingerprint density at radius 3 is 2.94 bits per heavy atom. The van der Waals surface area contributed by atoms with E-state index < -0.39 is 0 Å². The van der Waals surface area contributed by atoms with Crippen LogP contribution in [-0.4, -0.2) is 23.4 Å². The molecular formula is C15H18N2O. The summed E-state index contributed by atoms with van der Waals surface area (Å²) in [5, 5.41) is 5.26. The van der Waals surface area contributed by atoms with Gasteiger partial charge in [-0.25, -0.2) is 0 Å². The van der Waals surface area contributed by atoms with Crippen molar-refractivity contribution in [2.45, 2.75) is 26.3 Å². The molecule has 0 amide bonds. The average molecular weight is 242 g/mol. The fourth-order valence-corrected chi connectivity index (χ4v) is 1.97. The number of hydrogen-bond donors (Lipinski definition) is 1. The summed E-state index contributed by atoms with van der Waals surface area (Å²) in [6.45, 7) is 4.87. The molecule has 2 aromatic rings. The van der Waals surface area contributed by atoms with E-state index in [2.05, 4.69) is 24.1 Å². The third kappa shape index (κ3) is 2.93. The van der Waals surface area contributed by atoms with Gasteiger partial charge in [0, 0.05) is 42.4 Å². The molecule has 1 heterocycles. The zero-order valence-electron chi connectivity index (χ0n) is 10.8. The predicted octanol–water partition coefficient (Wildman–Crippen LogP) is 2.81. The number of benzene rings is 1. The molecule has 18 heavy (non-hydrogen) atoms. The van der Waals surface area contributed by atoms with Crippen molar-refractivity contribution in [3.8, 4) is 0 Å². The Morgan fingerprint density at radius 2 is 2.17 bits per heavy atom. The highest BCUT2D eigenvalue weighted by Gasteiger charge is 2.09. The molecular weight excluding hydrogens is 224 g/mol. The van der Waals surface area contributed by atoms with Gasteiger partial charge in [-0.2, -0.15) is 0 Å². The monoisotopic (exact) mass is 242 g/mol. The Balaban J connectivity index is 2.17. The molecule has 0 bridgehead atoms. The molecule has 2 rings (SSSR count). The van der Waals surface area contributed by atoms with Crippen LogP contribution < -0.4 is 5.32 Å². The summed E-state index contributed by atoms with van der Waals surface area (Å²) >= 11 is 0. The van der Waals surface area contributed by atoms with Crippen LogP contribution in [0.15, 0.2) is 36.7 Å². The molecule has 0 saturated heterocycles. The van der Waals surface area contributed by atoms with Crippen LogP contribution in [0.4, 0.5) is 0 Å². The maximum Gasteiger partial charge on any atom is 0.164 e. The molecule has 0 atom stereocenters. The van der Waals surface area contributed by atoms with Crippen LogP contribution in [0.25, 0.3) is 10.8 Å². The molecule has 0 aliphatic rings. The lowest BCUT2D eigenvalue weighted by atomic mass is 10.0. The maximum atomic E-state index is 12.2. The summed E-state index contributed by atoms with van der Waals surface area (Å²) in [7, 11) is 0. The lowest BCUT2D eigenvalue weighted by Crippen LogP contribution is -2.25. The summed E-state index contributed by atoms with van der Waals surface area (Å²) in [6, 6.07) is 8.14. The molecule has 1 aromatic carbocycles. The highest BCUT2D eigenvalue weighted by molar-refractivity contribution is 6.07. The molecule has 1 aromatic heterocycles. The zero-order valence-corrected chi connectivity index (χ0v) is 10.8. The molecule has 94 valence electrons. The standard InChI is InChI=1S/C15H18N2O/c1-11(2)17-9-7-15(18)13-5-3-4-12-6-8-16-10-14(12)13/h3-6,8,10-11,17H,7,9H2,1-2H3. The molecule has 0 radical (unpaired) electrons. The smallest absolute Gasteiger partial charge is 0.164 e. The number of carbonyl (C=O) groups is 1. The first-order chi connectivity index (χ1) is 8.68. The van der Waals surface area contributed by atoms with Crippen molar-refractivity contribution in [3.63, 3.8) is 0 Å². The van der Waals surface area contributed by atoms with Crippen molar-refractivity contribution in [2.75, 3.05) is 6.54 Å². The third-order valence-corrected chi connectivity index (χ3v) is 2.89. The lowest BCUT2D eigenvalue weighted by Gasteiger charge is -2.08. The normalized spacial score (nSPS) is 11.1. The topological polar surface area (TPSA) is 42.0 Å². The first kappa shape index (κ1) is 12.7. The van der Waals surface area contributed by atoms with E-state index in [0.717, 1.165) is 16.3 Å². The van der Waals surface area contributed by atoms with Gasteiger partial charge in [0.1, 0.15) is 0 Å². The largest absolute Gasteiger partial charge is 0.314 e. The van der Waals surface area contributed by atoms with Crippen molar-refractivity contribution in [1.82, 2.24) is 10.3 Å². The number of pyridine rings is 1. The third-order valence-electron chi connectivity index (χ3n) is 2.89. The first-order valence-electron chi connectivity index (χ1n) is 6.28. The van der Waals surface area contributed by atoms with E-state index in [1.54, 1.807) is 12.4 Å². The van der Waals surface area contributed by atoms with Crippen molar-refractivity contribution in [3.05, 3.63) is 42.2 Å². The second-order valence-corrected chi connectivity index (χ2v) is 4.68. The van der Waals surface area contributed by atoms with Gasteiger partial charge in [-0.3, -0.25) is 9.78 Å². The van der Waals surface area contributed by atoms with Gasteiger partial charge in [0.15, 0.2) is 5.78 Å². The van der Waals surface area contributed by atoms with Crippen molar-refractivity contribution in [2.24, 2.45) is 0 Å². The second-order valence-electron chi connectivity index (χ2n) is 4.68. The van der Waals surface area contributed by atoms with Crippen molar-refractivity contribution < 1.29 is 4.79 Å². The Hall–Kier alpha value is -1.74. The van der Waals surface area contributed by atoms with E-state index in [1.807, 2.05) is 24.3 Å². The number of Topliss-reactive ketones (excluding diaryl/α,β-unsaturated/α-hetero) is 1. The van der Waals surface area contributed by atoms with E-state index in [-0.39, 0.29) is 5.78 Å². The van der Waals surface area contributed by atoms with Gasteiger partial charge in [-0.1, -0.05) is 32.0 Å². The average Bonchev–Trinajstić information content (AvgIpc) is 2.37. The van der Waals surface area contributed by atoms with Crippen LogP contribution in [0, 0.1) is 0 Å². The summed E-state index contributed by atoms with van der Waals surface area (Å²) in [5.74, 6) is 0.168. The molecule has 0 aliphatic carbocycles. The second kappa shape index (κ2) is 5.74. The van der Waals surface area contributed by atoms with Crippen LogP contribution >= 0.6 is 0 Å². The number of hydrogen-bond acceptors (Lipinski definition) is 3. The van der Waals surface area contributed by atoms with Crippen LogP contribution in [-0.2, 0) is 0 Å². The van der Waals surface area contributed by atoms with Crippen LogP contribution in [0.3, 0.4) is 0 Å². The fraction of sp³-hybridized carbons (Fsp3) is 0.333. The SMILES string of the molecule is CC(C)NCCC(=O)c1cccc2ccncc12. The number of fused-ring (bicyclic) bond motifs is 1. The fourth-order valence-electron chi connectivity index (χ4n) is 1.97. The minimum atomic E-state index is 0.168. The van der Waals surface area contributed by atoms with Gasteiger partial charge in [0.05, 0.1) is 0 Å². The predicted molar refractivity (Wildman–Crippen MR) is 73.8 cm³/mol. The number of nitrogens with zero attached hydrogens (tertiary/aromatic N) is 1. The highest BCUT2D eigenvalue weighted by atomic mass is 16.1. The van der Waals surface area contributed by atoms with Gasteiger partial charge in [-0.05, 0) is 11.5 Å². The summed E-state index contributed by atoms with van der Waals surface area (Å²) < 4.78 is 0. The maximum absolute atomic E-state index is 12.2. The number of nitrogens with one attached hydrogen (secondary N) is 1. The molecule has 1 N–H and O–H groups in total. The molecule has 0 unspecified atom stereocenters. The zero-order chi connectivity index (χ0) is 13.0. The summed E-state index contributed by atoms with van der Waals surface area (Å²) in [5.41, 5.74) is 0.770. The van der Waals surface area contributed by atoms with Crippen LogP contribution in [0.5, 0.6) is 0 Å². The van der Waals surface area contributed by atoms with E-state index >= 15 is 0 Å². The minimum absolute atomic E-state index is 0.168. The van der Waals surface area contributed by atoms with Gasteiger partial charge in [0.25, 0.3) is 0 Å². The van der Waals surface area contributed by atoms with Gasteiger partial charge < -0.3 is 5.32 Å². The van der Waals surface area contributed by atoms with E-state index in [4.69, 9.17) is 0 Å². The van der Waals surface area contributed by atoms with Crippen molar-refractivity contribution >= 4 is 16.6 Å². The molecule has 0 spiro atoms. The minimum Gasteiger partial charge on any atom is -0.314 e. The van der Waals surface area contributed by atoms with Crippen molar-refractivity contribution in [1.29, 1.82) is 0 Å². The van der Waals surface area contributed by atoms with Crippen LogP contribution in [0.2, 0.25) is 0 Å². The molecule has 3 nitrogen and oxygen atoms in total. The summed E-state index contributed by atoms with van der Waals surface area (Å²) in [4.78, 5) is 16.3. The molecule has 0 fully saturated rings. The Kier molecular flexibility index (Phi) is 4.05. The van der Waals surface area contributed by atoms with Gasteiger partial charge in [0.2, 0.25) is 0 Å². The highest BCUT2D eigenvalue weighted by Crippen LogP contribution is 2.18. The molecule has 3 heteroatoms. The van der Waals surface area contributed by atoms with Crippen LogP contribution in [0.1, 0.15) is 30.6 Å². The number of rotatable bonds is 5. The Bertz CT molecular complexity index is 544. The van der Waals surface area contributed by atoms with Gasteiger partial charge >= 0.3 is 0 Å². The van der Waals surface area contributed by atoms with E-state index in [9.17, 15) is 4.79 Å². The quantitative estimate of drug-likeness (QED) is 0.820. The number of carbonyl (C=O) groups excluding carboxylic acids is 1. The summed E-state index contributed by atoms with van der Waals surface area (Å²) in [6.07, 6.45) is 4.03.